The van der Waals surface area contributed by atoms with Gasteiger partial charge in [-0.25, -0.2) is 4.79 Å². The maximum absolute atomic E-state index is 12.2. The van der Waals surface area contributed by atoms with Crippen molar-refractivity contribution < 1.29 is 14.3 Å². The molecule has 0 aliphatic carbocycles. The number of hydrogen-bond donors (Lipinski definition) is 2. The quantitative estimate of drug-likeness (QED) is 0.857. The van der Waals surface area contributed by atoms with Crippen LogP contribution in [0.1, 0.15) is 25.3 Å². The minimum absolute atomic E-state index is 0.00693. The summed E-state index contributed by atoms with van der Waals surface area (Å²) in [5, 5.41) is 14.5. The Kier molecular flexibility index (Phi) is 6.58. The molecule has 1 atom stereocenters. The summed E-state index contributed by atoms with van der Waals surface area (Å²) in [7, 11) is 0. The van der Waals surface area contributed by atoms with Gasteiger partial charge in [0.1, 0.15) is 0 Å². The average Bonchev–Trinajstić information content (AvgIpc) is 2.55. The fourth-order valence-corrected chi connectivity index (χ4v) is 2.73. The van der Waals surface area contributed by atoms with Crippen LogP contribution in [0.25, 0.3) is 0 Å². The van der Waals surface area contributed by atoms with Gasteiger partial charge in [-0.05, 0) is 44.5 Å². The molecule has 24 heavy (non-hydrogen) atoms. The Balaban J connectivity index is 1.82. The van der Waals surface area contributed by atoms with Crippen molar-refractivity contribution in [3.05, 3.63) is 29.8 Å². The summed E-state index contributed by atoms with van der Waals surface area (Å²) in [5.41, 5.74) is 1.11. The molecule has 0 saturated carbocycles. The van der Waals surface area contributed by atoms with Crippen molar-refractivity contribution in [1.82, 2.24) is 10.2 Å². The lowest BCUT2D eigenvalue weighted by Gasteiger charge is -2.32. The van der Waals surface area contributed by atoms with Gasteiger partial charge in [-0.1, -0.05) is 6.07 Å². The summed E-state index contributed by atoms with van der Waals surface area (Å²) in [5.74, 6) is -0.137. The van der Waals surface area contributed by atoms with E-state index in [0.29, 0.717) is 24.4 Å². The predicted molar refractivity (Wildman–Crippen MR) is 89.4 cm³/mol. The van der Waals surface area contributed by atoms with E-state index in [9.17, 15) is 9.59 Å². The number of likely N-dealkylation sites (tertiary alicyclic amines) is 1. The molecule has 1 aliphatic rings. The van der Waals surface area contributed by atoms with Crippen LogP contribution in [-0.4, -0.2) is 49.2 Å². The molecule has 1 aliphatic heterocycles. The van der Waals surface area contributed by atoms with Crippen molar-refractivity contribution in [2.24, 2.45) is 0 Å². The van der Waals surface area contributed by atoms with E-state index < -0.39 is 6.09 Å². The molecule has 0 aromatic heterocycles. The number of nitriles is 1. The second-order valence-corrected chi connectivity index (χ2v) is 5.68. The van der Waals surface area contributed by atoms with Gasteiger partial charge in [-0.3, -0.25) is 9.69 Å². The number of benzene rings is 1. The number of rotatable bonds is 5. The summed E-state index contributed by atoms with van der Waals surface area (Å²) in [6.07, 6.45) is 1.37. The third-order valence-corrected chi connectivity index (χ3v) is 3.75. The average molecular weight is 330 g/mol. The zero-order valence-corrected chi connectivity index (χ0v) is 13.7. The van der Waals surface area contributed by atoms with Crippen molar-refractivity contribution in [2.45, 2.75) is 25.8 Å². The van der Waals surface area contributed by atoms with Gasteiger partial charge in [0.15, 0.2) is 0 Å². The topological polar surface area (TPSA) is 94.5 Å². The number of carbonyl (C=O) groups is 2. The first-order valence-corrected chi connectivity index (χ1v) is 8.06. The highest BCUT2D eigenvalue weighted by atomic mass is 16.5. The number of piperidine rings is 1. The molecule has 128 valence electrons. The molecule has 1 aromatic carbocycles. The van der Waals surface area contributed by atoms with Crippen molar-refractivity contribution >= 4 is 17.7 Å². The maximum atomic E-state index is 12.2. The number of carbonyl (C=O) groups excluding carboxylic acids is 2. The van der Waals surface area contributed by atoms with Gasteiger partial charge in [0.2, 0.25) is 5.91 Å². The Labute approximate surface area is 141 Å². The first kappa shape index (κ1) is 17.8. The summed E-state index contributed by atoms with van der Waals surface area (Å²) in [4.78, 5) is 25.7. The van der Waals surface area contributed by atoms with E-state index in [1.807, 2.05) is 11.0 Å². The van der Waals surface area contributed by atoms with Gasteiger partial charge < -0.3 is 15.4 Å². The van der Waals surface area contributed by atoms with Gasteiger partial charge in [-0.15, -0.1) is 0 Å². The molecule has 2 N–H and O–H groups in total. The van der Waals surface area contributed by atoms with Crippen LogP contribution < -0.4 is 10.6 Å². The van der Waals surface area contributed by atoms with Crippen LogP contribution in [-0.2, 0) is 9.53 Å². The number of nitrogens with zero attached hydrogens (tertiary/aromatic N) is 2. The number of anilines is 1. The van der Waals surface area contributed by atoms with Crippen LogP contribution in [0.2, 0.25) is 0 Å². The van der Waals surface area contributed by atoms with E-state index in [1.165, 1.54) is 0 Å². The van der Waals surface area contributed by atoms with Crippen LogP contribution in [0.3, 0.4) is 0 Å². The second kappa shape index (κ2) is 8.89. The molecule has 0 spiro atoms. The van der Waals surface area contributed by atoms with Crippen molar-refractivity contribution in [3.8, 4) is 6.07 Å². The summed E-state index contributed by atoms with van der Waals surface area (Å²) in [6.45, 7) is 3.78. The Hall–Kier alpha value is -2.59. The van der Waals surface area contributed by atoms with Gasteiger partial charge in [0.05, 0.1) is 24.8 Å². The van der Waals surface area contributed by atoms with Crippen LogP contribution in [0.4, 0.5) is 10.5 Å². The Morgan fingerprint density at radius 1 is 1.46 bits per heavy atom. The van der Waals surface area contributed by atoms with E-state index in [2.05, 4.69) is 10.6 Å². The molecule has 2 rings (SSSR count). The largest absolute Gasteiger partial charge is 0.450 e. The zero-order valence-electron chi connectivity index (χ0n) is 13.7. The van der Waals surface area contributed by atoms with Gasteiger partial charge in [-0.2, -0.15) is 5.26 Å². The van der Waals surface area contributed by atoms with E-state index in [0.717, 1.165) is 19.4 Å². The zero-order chi connectivity index (χ0) is 17.4. The van der Waals surface area contributed by atoms with E-state index in [1.54, 1.807) is 31.2 Å². The smallest absolute Gasteiger partial charge is 0.407 e. The molecule has 1 fully saturated rings. The molecule has 1 saturated heterocycles. The Morgan fingerprint density at radius 2 is 2.29 bits per heavy atom. The van der Waals surface area contributed by atoms with Crippen LogP contribution in [0, 0.1) is 11.3 Å². The summed E-state index contributed by atoms with van der Waals surface area (Å²) in [6, 6.07) is 8.84. The lowest BCUT2D eigenvalue weighted by atomic mass is 10.1. The van der Waals surface area contributed by atoms with Crippen molar-refractivity contribution in [3.63, 3.8) is 0 Å². The lowest BCUT2D eigenvalue weighted by molar-refractivity contribution is -0.117. The monoisotopic (exact) mass is 330 g/mol. The van der Waals surface area contributed by atoms with Crippen LogP contribution in [0.15, 0.2) is 24.3 Å². The fraction of sp³-hybridized carbons (Fsp3) is 0.471. The molecular weight excluding hydrogens is 308 g/mol. The first-order chi connectivity index (χ1) is 11.6. The minimum atomic E-state index is -0.415. The van der Waals surface area contributed by atoms with Gasteiger partial charge >= 0.3 is 6.09 Å². The van der Waals surface area contributed by atoms with E-state index in [-0.39, 0.29) is 18.5 Å². The number of nitrogens with one attached hydrogen (secondary N) is 2. The SMILES string of the molecule is CCOC(=O)NC1CCCN(CC(=O)Nc2cccc(C#N)c2)C1. The highest BCUT2D eigenvalue weighted by molar-refractivity contribution is 5.92. The standard InChI is InChI=1S/C17H22N4O3/c1-2-24-17(23)20-15-7-4-8-21(11-15)12-16(22)19-14-6-3-5-13(9-14)10-18/h3,5-6,9,15H,2,4,7-8,11-12H2,1H3,(H,19,22)(H,20,23). The molecule has 7 nitrogen and oxygen atoms in total. The molecule has 0 radical (unpaired) electrons. The van der Waals surface area contributed by atoms with Crippen LogP contribution >= 0.6 is 0 Å². The molecule has 1 aromatic rings. The Morgan fingerprint density at radius 3 is 3.04 bits per heavy atom. The van der Waals surface area contributed by atoms with Gasteiger partial charge in [0, 0.05) is 18.3 Å². The predicted octanol–water partition coefficient (Wildman–Crippen LogP) is 1.71. The normalized spacial score (nSPS) is 17.6. The molecule has 1 unspecified atom stereocenters. The number of hydrogen-bond acceptors (Lipinski definition) is 5. The van der Waals surface area contributed by atoms with Gasteiger partial charge in [0.25, 0.3) is 0 Å². The highest BCUT2D eigenvalue weighted by Crippen LogP contribution is 2.12. The summed E-state index contributed by atoms with van der Waals surface area (Å²) < 4.78 is 4.89. The van der Waals surface area contributed by atoms with Crippen molar-refractivity contribution in [2.75, 3.05) is 31.6 Å². The van der Waals surface area contributed by atoms with Crippen LogP contribution in [0.5, 0.6) is 0 Å². The molecule has 0 bridgehead atoms. The molecule has 2 amide bonds. The number of ether oxygens (including phenoxy) is 1. The number of amides is 2. The number of alkyl carbamates (subject to hydrolysis) is 1. The lowest BCUT2D eigenvalue weighted by Crippen LogP contribution is -2.49. The fourth-order valence-electron chi connectivity index (χ4n) is 2.73. The maximum Gasteiger partial charge on any atom is 0.407 e. The van der Waals surface area contributed by atoms with E-state index in [4.69, 9.17) is 10.00 Å². The van der Waals surface area contributed by atoms with E-state index >= 15 is 0 Å². The van der Waals surface area contributed by atoms with Crippen molar-refractivity contribution in [1.29, 1.82) is 5.26 Å². The third kappa shape index (κ3) is 5.56. The minimum Gasteiger partial charge on any atom is -0.450 e. The molecular formula is C17H22N4O3. The second-order valence-electron chi connectivity index (χ2n) is 5.68. The first-order valence-electron chi connectivity index (χ1n) is 8.06. The third-order valence-electron chi connectivity index (χ3n) is 3.75. The summed E-state index contributed by atoms with van der Waals surface area (Å²) >= 11 is 0. The molecule has 7 heteroatoms. The Bertz CT molecular complexity index is 627. The molecule has 1 heterocycles. The highest BCUT2D eigenvalue weighted by Gasteiger charge is 2.23.